The van der Waals surface area contributed by atoms with Crippen LogP contribution < -0.4 is 15.0 Å². The van der Waals surface area contributed by atoms with Crippen molar-refractivity contribution in [3.8, 4) is 5.75 Å². The van der Waals surface area contributed by atoms with E-state index in [-0.39, 0.29) is 24.3 Å². The second-order valence-corrected chi connectivity index (χ2v) is 8.27. The lowest BCUT2D eigenvalue weighted by Crippen LogP contribution is -2.44. The molecule has 0 bridgehead atoms. The second-order valence-electron chi connectivity index (χ2n) is 8.27. The van der Waals surface area contributed by atoms with Gasteiger partial charge in [0, 0.05) is 39.5 Å². The van der Waals surface area contributed by atoms with Gasteiger partial charge in [0.2, 0.25) is 5.91 Å². The SMILES string of the molecule is CN(C)c1ccc(CN(C[C@H]2CCCO2)C(=O)C[C@H]2Oc3ccccc3NC2=O)cc1. The van der Waals surface area contributed by atoms with Crippen molar-refractivity contribution in [3.63, 3.8) is 0 Å². The molecule has 2 aliphatic rings. The molecule has 0 saturated carbocycles. The first-order valence-corrected chi connectivity index (χ1v) is 10.7. The largest absolute Gasteiger partial charge is 0.478 e. The third-order valence-corrected chi connectivity index (χ3v) is 5.69. The summed E-state index contributed by atoms with van der Waals surface area (Å²) >= 11 is 0. The van der Waals surface area contributed by atoms with Gasteiger partial charge in [0.15, 0.2) is 6.10 Å². The minimum absolute atomic E-state index is 0.0112. The van der Waals surface area contributed by atoms with Crippen LogP contribution in [0.1, 0.15) is 24.8 Å². The number of fused-ring (bicyclic) bond motifs is 1. The Morgan fingerprint density at radius 2 is 1.90 bits per heavy atom. The fraction of sp³-hybridized carbons (Fsp3) is 0.417. The molecule has 0 unspecified atom stereocenters. The van der Waals surface area contributed by atoms with Crippen LogP contribution in [0.3, 0.4) is 0 Å². The number of hydrogen-bond acceptors (Lipinski definition) is 5. The minimum atomic E-state index is -0.842. The number of ether oxygens (including phenoxy) is 2. The van der Waals surface area contributed by atoms with Gasteiger partial charge in [0.25, 0.3) is 5.91 Å². The molecule has 164 valence electrons. The summed E-state index contributed by atoms with van der Waals surface area (Å²) in [5.41, 5.74) is 2.77. The monoisotopic (exact) mass is 423 g/mol. The molecule has 2 amide bonds. The highest BCUT2D eigenvalue weighted by atomic mass is 16.5. The first-order valence-electron chi connectivity index (χ1n) is 10.7. The number of carbonyl (C=O) groups is 2. The molecule has 0 aromatic heterocycles. The van der Waals surface area contributed by atoms with Gasteiger partial charge in [-0.1, -0.05) is 24.3 Å². The summed E-state index contributed by atoms with van der Waals surface area (Å²) in [4.78, 5) is 29.5. The molecule has 2 heterocycles. The van der Waals surface area contributed by atoms with Crippen molar-refractivity contribution in [2.75, 3.05) is 37.5 Å². The van der Waals surface area contributed by atoms with Crippen molar-refractivity contribution in [2.24, 2.45) is 0 Å². The Kier molecular flexibility index (Phi) is 6.42. The van der Waals surface area contributed by atoms with Crippen LogP contribution >= 0.6 is 0 Å². The maximum atomic E-state index is 13.2. The highest BCUT2D eigenvalue weighted by Crippen LogP contribution is 2.30. The van der Waals surface area contributed by atoms with E-state index in [9.17, 15) is 9.59 Å². The number of anilines is 2. The number of rotatable bonds is 7. The van der Waals surface area contributed by atoms with Crippen molar-refractivity contribution in [1.82, 2.24) is 4.90 Å². The van der Waals surface area contributed by atoms with Crippen LogP contribution in [0.25, 0.3) is 0 Å². The van der Waals surface area contributed by atoms with Crippen molar-refractivity contribution in [1.29, 1.82) is 0 Å². The van der Waals surface area contributed by atoms with Gasteiger partial charge in [-0.3, -0.25) is 9.59 Å². The number of para-hydroxylation sites is 2. The molecule has 2 aromatic rings. The van der Waals surface area contributed by atoms with Gasteiger partial charge >= 0.3 is 0 Å². The van der Waals surface area contributed by atoms with E-state index >= 15 is 0 Å². The third kappa shape index (κ3) is 5.17. The van der Waals surface area contributed by atoms with Gasteiger partial charge in [-0.25, -0.2) is 0 Å². The van der Waals surface area contributed by atoms with E-state index in [2.05, 4.69) is 5.32 Å². The van der Waals surface area contributed by atoms with Crippen LogP contribution in [0, 0.1) is 0 Å². The highest BCUT2D eigenvalue weighted by molar-refractivity contribution is 5.99. The summed E-state index contributed by atoms with van der Waals surface area (Å²) in [6, 6.07) is 15.4. The molecule has 0 aliphatic carbocycles. The lowest BCUT2D eigenvalue weighted by atomic mass is 10.1. The number of nitrogens with one attached hydrogen (secondary N) is 1. The van der Waals surface area contributed by atoms with E-state index in [4.69, 9.17) is 9.47 Å². The summed E-state index contributed by atoms with van der Waals surface area (Å²) < 4.78 is 11.6. The van der Waals surface area contributed by atoms with Gasteiger partial charge in [-0.15, -0.1) is 0 Å². The second kappa shape index (κ2) is 9.39. The van der Waals surface area contributed by atoms with E-state index in [1.54, 1.807) is 17.0 Å². The van der Waals surface area contributed by atoms with Gasteiger partial charge in [0.1, 0.15) is 5.75 Å². The Bertz CT molecular complexity index is 923. The zero-order valence-electron chi connectivity index (χ0n) is 18.0. The van der Waals surface area contributed by atoms with Gasteiger partial charge < -0.3 is 24.6 Å². The first-order chi connectivity index (χ1) is 15.0. The lowest BCUT2D eigenvalue weighted by molar-refractivity contribution is -0.138. The normalized spacial score (nSPS) is 19.9. The van der Waals surface area contributed by atoms with Crippen LogP contribution in [0.5, 0.6) is 5.75 Å². The van der Waals surface area contributed by atoms with E-state index in [0.717, 1.165) is 30.7 Å². The average molecular weight is 424 g/mol. The Balaban J connectivity index is 1.46. The van der Waals surface area contributed by atoms with Gasteiger partial charge in [0.05, 0.1) is 18.2 Å². The van der Waals surface area contributed by atoms with E-state index in [1.807, 2.05) is 55.4 Å². The van der Waals surface area contributed by atoms with Gasteiger partial charge in [-0.05, 0) is 42.7 Å². The maximum Gasteiger partial charge on any atom is 0.266 e. The van der Waals surface area contributed by atoms with Crippen LogP contribution in [0.2, 0.25) is 0 Å². The molecule has 7 heteroatoms. The molecular formula is C24H29N3O4. The molecule has 1 N–H and O–H groups in total. The fourth-order valence-electron chi connectivity index (χ4n) is 3.92. The van der Waals surface area contributed by atoms with Crippen LogP contribution in [0.4, 0.5) is 11.4 Å². The summed E-state index contributed by atoms with van der Waals surface area (Å²) in [5, 5.41) is 2.83. The van der Waals surface area contributed by atoms with Crippen molar-refractivity contribution in [3.05, 3.63) is 54.1 Å². The minimum Gasteiger partial charge on any atom is -0.478 e. The zero-order chi connectivity index (χ0) is 21.8. The zero-order valence-corrected chi connectivity index (χ0v) is 18.0. The highest BCUT2D eigenvalue weighted by Gasteiger charge is 2.32. The molecule has 7 nitrogen and oxygen atoms in total. The number of hydrogen-bond donors (Lipinski definition) is 1. The van der Waals surface area contributed by atoms with E-state index in [1.165, 1.54) is 0 Å². The molecular weight excluding hydrogens is 394 g/mol. The van der Waals surface area contributed by atoms with Crippen molar-refractivity contribution >= 4 is 23.2 Å². The van der Waals surface area contributed by atoms with E-state index < -0.39 is 6.10 Å². The maximum absolute atomic E-state index is 13.2. The van der Waals surface area contributed by atoms with Crippen molar-refractivity contribution in [2.45, 2.75) is 38.0 Å². The van der Waals surface area contributed by atoms with Crippen LogP contribution in [-0.2, 0) is 20.9 Å². The summed E-state index contributed by atoms with van der Waals surface area (Å²) in [5.74, 6) is 0.177. The quantitative estimate of drug-likeness (QED) is 0.741. The number of amides is 2. The molecule has 1 fully saturated rings. The fourth-order valence-corrected chi connectivity index (χ4v) is 3.92. The number of carbonyl (C=O) groups excluding carboxylic acids is 2. The molecule has 0 radical (unpaired) electrons. The summed E-state index contributed by atoms with van der Waals surface area (Å²) in [6.07, 6.45) is 1.13. The molecule has 4 rings (SSSR count). The molecule has 2 aliphatic heterocycles. The molecule has 0 spiro atoms. The molecule has 31 heavy (non-hydrogen) atoms. The summed E-state index contributed by atoms with van der Waals surface area (Å²) in [7, 11) is 3.99. The standard InChI is InChI=1S/C24H29N3O4/c1-26(2)18-11-9-17(10-12-18)15-27(16-19-6-5-13-30-19)23(28)14-22-24(29)25-20-7-3-4-8-21(20)31-22/h3-4,7-12,19,22H,5-6,13-16H2,1-2H3,(H,25,29)/t19-,22-/m1/s1. The Morgan fingerprint density at radius 3 is 2.61 bits per heavy atom. The predicted octanol–water partition coefficient (Wildman–Crippen LogP) is 3.05. The number of nitrogens with zero attached hydrogens (tertiary/aromatic N) is 2. The first kappa shape index (κ1) is 21.2. The number of benzene rings is 2. The topological polar surface area (TPSA) is 71.1 Å². The van der Waals surface area contributed by atoms with Gasteiger partial charge in [-0.2, -0.15) is 0 Å². The van der Waals surface area contributed by atoms with E-state index in [0.29, 0.717) is 24.5 Å². The smallest absolute Gasteiger partial charge is 0.266 e. The molecule has 1 saturated heterocycles. The van der Waals surface area contributed by atoms with Crippen molar-refractivity contribution < 1.29 is 19.1 Å². The lowest BCUT2D eigenvalue weighted by Gasteiger charge is -2.29. The molecule has 2 atom stereocenters. The third-order valence-electron chi connectivity index (χ3n) is 5.69. The Morgan fingerprint density at radius 1 is 1.13 bits per heavy atom. The molecule has 2 aromatic carbocycles. The average Bonchev–Trinajstić information content (AvgIpc) is 3.27. The predicted molar refractivity (Wildman–Crippen MR) is 119 cm³/mol. The van der Waals surface area contributed by atoms with Crippen LogP contribution in [-0.4, -0.2) is 56.2 Å². The van der Waals surface area contributed by atoms with Crippen LogP contribution in [0.15, 0.2) is 48.5 Å². The Hall–Kier alpha value is -3.06. The Labute approximate surface area is 182 Å². The summed E-state index contributed by atoms with van der Waals surface area (Å²) in [6.45, 7) is 1.71.